The molecule has 1 aliphatic heterocycles. The van der Waals surface area contributed by atoms with E-state index in [9.17, 15) is 14.4 Å². The molecular formula is C15H18N2O4. The van der Waals surface area contributed by atoms with E-state index in [1.807, 2.05) is 32.0 Å². The van der Waals surface area contributed by atoms with Crippen molar-refractivity contribution < 1.29 is 19.1 Å². The van der Waals surface area contributed by atoms with Gasteiger partial charge in [-0.25, -0.2) is 4.79 Å². The third-order valence-corrected chi connectivity index (χ3v) is 3.37. The average molecular weight is 290 g/mol. The van der Waals surface area contributed by atoms with Gasteiger partial charge >= 0.3 is 5.97 Å². The lowest BCUT2D eigenvalue weighted by Gasteiger charge is -2.13. The first-order chi connectivity index (χ1) is 9.97. The molecule has 1 saturated heterocycles. The fraction of sp³-hybridized carbons (Fsp3) is 0.400. The summed E-state index contributed by atoms with van der Waals surface area (Å²) < 4.78 is 4.92. The molecule has 1 heterocycles. The fourth-order valence-electron chi connectivity index (χ4n) is 2.22. The second-order valence-electron chi connectivity index (χ2n) is 5.08. The normalized spacial score (nSPS) is 17.2. The van der Waals surface area contributed by atoms with E-state index >= 15 is 0 Å². The summed E-state index contributed by atoms with van der Waals surface area (Å²) in [5, 5.41) is 5.23. The lowest BCUT2D eigenvalue weighted by atomic mass is 10.1. The van der Waals surface area contributed by atoms with Gasteiger partial charge in [0.15, 0.2) is 6.61 Å². The first-order valence-electron chi connectivity index (χ1n) is 6.79. The molecule has 1 aromatic carbocycles. The van der Waals surface area contributed by atoms with E-state index in [2.05, 4.69) is 10.6 Å². The number of aryl methyl sites for hydroxylation is 2. The molecule has 6 nitrogen and oxygen atoms in total. The Morgan fingerprint density at radius 1 is 1.33 bits per heavy atom. The number of anilines is 1. The predicted molar refractivity (Wildman–Crippen MR) is 76.7 cm³/mol. The lowest BCUT2D eigenvalue weighted by Crippen LogP contribution is -2.36. The summed E-state index contributed by atoms with van der Waals surface area (Å²) in [7, 11) is 0. The van der Waals surface area contributed by atoms with Crippen molar-refractivity contribution in [2.24, 2.45) is 0 Å². The van der Waals surface area contributed by atoms with E-state index in [1.165, 1.54) is 0 Å². The van der Waals surface area contributed by atoms with Gasteiger partial charge in [0.2, 0.25) is 5.91 Å². The second kappa shape index (κ2) is 6.39. The molecule has 0 radical (unpaired) electrons. The first kappa shape index (κ1) is 15.0. The summed E-state index contributed by atoms with van der Waals surface area (Å²) in [6, 6.07) is 5.06. The summed E-state index contributed by atoms with van der Waals surface area (Å²) in [5.74, 6) is -1.14. The maximum atomic E-state index is 11.8. The molecule has 21 heavy (non-hydrogen) atoms. The standard InChI is InChI=1S/C15H18N2O4/c1-9-4-3-5-10(2)14(9)17-13(19)8-21-15(20)11-6-7-12(18)16-11/h3-5,11H,6-8H2,1-2H3,(H,16,18)(H,17,19)/t11-/m1/s1. The topological polar surface area (TPSA) is 84.5 Å². The molecular weight excluding hydrogens is 272 g/mol. The van der Waals surface area contributed by atoms with Crippen LogP contribution in [0.25, 0.3) is 0 Å². The van der Waals surface area contributed by atoms with Gasteiger partial charge in [-0.1, -0.05) is 18.2 Å². The average Bonchev–Trinajstić information content (AvgIpc) is 2.87. The van der Waals surface area contributed by atoms with Crippen molar-refractivity contribution >= 4 is 23.5 Å². The van der Waals surface area contributed by atoms with Crippen LogP contribution in [0.1, 0.15) is 24.0 Å². The number of rotatable bonds is 4. The van der Waals surface area contributed by atoms with Crippen LogP contribution in [0.2, 0.25) is 0 Å². The summed E-state index contributed by atoms with van der Waals surface area (Å²) in [6.45, 7) is 3.42. The number of esters is 1. The number of ether oxygens (including phenoxy) is 1. The number of hydrogen-bond acceptors (Lipinski definition) is 4. The van der Waals surface area contributed by atoms with E-state index < -0.39 is 17.9 Å². The van der Waals surface area contributed by atoms with Gasteiger partial charge in [0, 0.05) is 12.1 Å². The predicted octanol–water partition coefficient (Wildman–Crippen LogP) is 1.06. The molecule has 0 aliphatic carbocycles. The quantitative estimate of drug-likeness (QED) is 0.812. The van der Waals surface area contributed by atoms with Gasteiger partial charge in [-0.2, -0.15) is 0 Å². The van der Waals surface area contributed by atoms with Crippen molar-refractivity contribution in [3.05, 3.63) is 29.3 Å². The number of para-hydroxylation sites is 1. The minimum Gasteiger partial charge on any atom is -0.454 e. The van der Waals surface area contributed by atoms with Crippen LogP contribution >= 0.6 is 0 Å². The molecule has 0 aromatic heterocycles. The summed E-state index contributed by atoms with van der Waals surface area (Å²) in [5.41, 5.74) is 2.61. The molecule has 2 rings (SSSR count). The Bertz CT molecular complexity index is 563. The van der Waals surface area contributed by atoms with Crippen LogP contribution in [-0.4, -0.2) is 30.4 Å². The monoisotopic (exact) mass is 290 g/mol. The van der Waals surface area contributed by atoms with Crippen LogP contribution in [0.4, 0.5) is 5.69 Å². The Hall–Kier alpha value is -2.37. The Morgan fingerprint density at radius 3 is 2.57 bits per heavy atom. The van der Waals surface area contributed by atoms with Crippen LogP contribution in [0.15, 0.2) is 18.2 Å². The molecule has 1 atom stereocenters. The number of carbonyl (C=O) groups excluding carboxylic acids is 3. The van der Waals surface area contributed by atoms with Crippen molar-refractivity contribution in [3.63, 3.8) is 0 Å². The SMILES string of the molecule is Cc1cccc(C)c1NC(=O)COC(=O)[C@H]1CCC(=O)N1. The summed E-state index contributed by atoms with van der Waals surface area (Å²) in [4.78, 5) is 34.5. The van der Waals surface area contributed by atoms with E-state index in [-0.39, 0.29) is 12.5 Å². The number of amides is 2. The number of carbonyl (C=O) groups is 3. The Labute approximate surface area is 122 Å². The highest BCUT2D eigenvalue weighted by Crippen LogP contribution is 2.19. The molecule has 2 N–H and O–H groups in total. The molecule has 2 amide bonds. The lowest BCUT2D eigenvalue weighted by molar-refractivity contribution is -0.149. The zero-order valence-corrected chi connectivity index (χ0v) is 12.1. The third-order valence-electron chi connectivity index (χ3n) is 3.37. The van der Waals surface area contributed by atoms with Crippen molar-refractivity contribution in [3.8, 4) is 0 Å². The number of benzene rings is 1. The molecule has 1 fully saturated rings. The van der Waals surface area contributed by atoms with Gasteiger partial charge in [-0.3, -0.25) is 9.59 Å². The van der Waals surface area contributed by atoms with E-state index in [4.69, 9.17) is 4.74 Å². The second-order valence-corrected chi connectivity index (χ2v) is 5.08. The van der Waals surface area contributed by atoms with Gasteiger partial charge in [0.25, 0.3) is 5.91 Å². The zero-order chi connectivity index (χ0) is 15.4. The maximum Gasteiger partial charge on any atom is 0.329 e. The minimum atomic E-state index is -0.634. The Balaban J connectivity index is 1.85. The van der Waals surface area contributed by atoms with Gasteiger partial charge < -0.3 is 15.4 Å². The number of hydrogen-bond donors (Lipinski definition) is 2. The van der Waals surface area contributed by atoms with Crippen molar-refractivity contribution in [1.29, 1.82) is 0 Å². The van der Waals surface area contributed by atoms with E-state index in [0.29, 0.717) is 12.8 Å². The van der Waals surface area contributed by atoms with Crippen LogP contribution in [0.5, 0.6) is 0 Å². The Morgan fingerprint density at radius 2 is 2.00 bits per heavy atom. The first-order valence-corrected chi connectivity index (χ1v) is 6.79. The highest BCUT2D eigenvalue weighted by molar-refractivity contribution is 5.95. The Kier molecular flexibility index (Phi) is 4.57. The molecule has 1 aromatic rings. The smallest absolute Gasteiger partial charge is 0.329 e. The van der Waals surface area contributed by atoms with Gasteiger partial charge in [0.1, 0.15) is 6.04 Å². The minimum absolute atomic E-state index is 0.170. The fourth-order valence-corrected chi connectivity index (χ4v) is 2.22. The molecule has 0 spiro atoms. The summed E-state index contributed by atoms with van der Waals surface area (Å²) >= 11 is 0. The zero-order valence-electron chi connectivity index (χ0n) is 12.1. The van der Waals surface area contributed by atoms with Crippen molar-refractivity contribution in [2.75, 3.05) is 11.9 Å². The molecule has 1 aliphatic rings. The molecule has 0 unspecified atom stereocenters. The molecule has 0 bridgehead atoms. The van der Waals surface area contributed by atoms with Crippen LogP contribution < -0.4 is 10.6 Å². The summed E-state index contributed by atoms with van der Waals surface area (Å²) in [6.07, 6.45) is 0.727. The van der Waals surface area contributed by atoms with E-state index in [1.54, 1.807) is 0 Å². The van der Waals surface area contributed by atoms with Crippen LogP contribution in [-0.2, 0) is 19.1 Å². The van der Waals surface area contributed by atoms with Crippen LogP contribution in [0.3, 0.4) is 0 Å². The van der Waals surface area contributed by atoms with Gasteiger partial charge in [0.05, 0.1) is 0 Å². The van der Waals surface area contributed by atoms with Gasteiger partial charge in [-0.05, 0) is 31.4 Å². The highest BCUT2D eigenvalue weighted by Gasteiger charge is 2.28. The number of nitrogens with one attached hydrogen (secondary N) is 2. The molecule has 0 saturated carbocycles. The largest absolute Gasteiger partial charge is 0.454 e. The third kappa shape index (κ3) is 3.81. The van der Waals surface area contributed by atoms with Crippen molar-refractivity contribution in [2.45, 2.75) is 32.7 Å². The van der Waals surface area contributed by atoms with E-state index in [0.717, 1.165) is 16.8 Å². The van der Waals surface area contributed by atoms with Gasteiger partial charge in [-0.15, -0.1) is 0 Å². The maximum absolute atomic E-state index is 11.8. The molecule has 6 heteroatoms. The van der Waals surface area contributed by atoms with Crippen molar-refractivity contribution in [1.82, 2.24) is 5.32 Å². The highest BCUT2D eigenvalue weighted by atomic mass is 16.5. The van der Waals surface area contributed by atoms with Crippen LogP contribution in [0, 0.1) is 13.8 Å². The molecule has 112 valence electrons.